The molecular weight excluding hydrogens is 214 g/mol. The Morgan fingerprint density at radius 1 is 1.12 bits per heavy atom. The smallest absolute Gasteiger partial charge is 0.217 e. The van der Waals surface area contributed by atoms with Crippen LogP contribution in [0.4, 0.5) is 0 Å². The molecule has 0 unspecified atom stereocenters. The van der Waals surface area contributed by atoms with Crippen LogP contribution in [0.15, 0.2) is 4.42 Å². The fourth-order valence-electron chi connectivity index (χ4n) is 2.53. The molecule has 4 heteroatoms. The first kappa shape index (κ1) is 12.6. The highest BCUT2D eigenvalue weighted by Crippen LogP contribution is 2.27. The Morgan fingerprint density at radius 2 is 1.82 bits per heavy atom. The maximum atomic E-state index is 5.61. The lowest BCUT2D eigenvalue weighted by Crippen LogP contribution is -2.10. The Labute approximate surface area is 103 Å². The Kier molecular flexibility index (Phi) is 4.98. The Balaban J connectivity index is 1.72. The van der Waals surface area contributed by atoms with Gasteiger partial charge in [-0.3, -0.25) is 0 Å². The van der Waals surface area contributed by atoms with Crippen molar-refractivity contribution in [1.29, 1.82) is 0 Å². The number of nitrogens with one attached hydrogen (secondary N) is 1. The lowest BCUT2D eigenvalue weighted by atomic mass is 9.86. The summed E-state index contributed by atoms with van der Waals surface area (Å²) in [6, 6.07) is 0. The van der Waals surface area contributed by atoms with Gasteiger partial charge in [0.2, 0.25) is 11.8 Å². The molecule has 0 radical (unpaired) electrons. The molecule has 4 nitrogen and oxygen atoms in total. The van der Waals surface area contributed by atoms with Crippen LogP contribution in [0.1, 0.15) is 50.3 Å². The second-order valence-electron chi connectivity index (χ2n) is 4.99. The molecule has 1 aliphatic carbocycles. The van der Waals surface area contributed by atoms with Gasteiger partial charge in [0.25, 0.3) is 0 Å². The number of nitrogens with zero attached hydrogens (tertiary/aromatic N) is 2. The minimum Gasteiger partial charge on any atom is -0.425 e. The van der Waals surface area contributed by atoms with E-state index in [4.69, 9.17) is 4.42 Å². The topological polar surface area (TPSA) is 51.0 Å². The van der Waals surface area contributed by atoms with E-state index in [1.54, 1.807) is 0 Å². The number of likely N-dealkylation sites (N-methyl/N-ethyl adjacent to an activating group) is 1. The summed E-state index contributed by atoms with van der Waals surface area (Å²) < 4.78 is 5.61. The molecule has 0 bridgehead atoms. The van der Waals surface area contributed by atoms with E-state index in [1.807, 2.05) is 7.05 Å². The average Bonchev–Trinajstić information content (AvgIpc) is 2.83. The molecule has 0 aliphatic heterocycles. The largest absolute Gasteiger partial charge is 0.425 e. The monoisotopic (exact) mass is 237 g/mol. The maximum Gasteiger partial charge on any atom is 0.217 e. The van der Waals surface area contributed by atoms with Gasteiger partial charge in [-0.1, -0.05) is 32.1 Å². The van der Waals surface area contributed by atoms with Gasteiger partial charge in [0.1, 0.15) is 0 Å². The molecule has 0 saturated heterocycles. The molecule has 2 rings (SSSR count). The fourth-order valence-corrected chi connectivity index (χ4v) is 2.53. The van der Waals surface area contributed by atoms with Crippen LogP contribution >= 0.6 is 0 Å². The quantitative estimate of drug-likeness (QED) is 0.825. The van der Waals surface area contributed by atoms with Gasteiger partial charge in [-0.25, -0.2) is 0 Å². The van der Waals surface area contributed by atoms with Gasteiger partial charge in [0, 0.05) is 19.4 Å². The highest BCUT2D eigenvalue weighted by Gasteiger charge is 2.14. The lowest BCUT2D eigenvalue weighted by molar-refractivity contribution is 0.326. The summed E-state index contributed by atoms with van der Waals surface area (Å²) in [5.41, 5.74) is 0. The van der Waals surface area contributed by atoms with Crippen LogP contribution in [0, 0.1) is 5.92 Å². The van der Waals surface area contributed by atoms with Crippen LogP contribution in [0.3, 0.4) is 0 Å². The van der Waals surface area contributed by atoms with E-state index in [0.29, 0.717) is 0 Å². The van der Waals surface area contributed by atoms with Crippen LogP contribution < -0.4 is 5.32 Å². The molecule has 1 aromatic rings. The van der Waals surface area contributed by atoms with Crippen molar-refractivity contribution in [2.75, 3.05) is 13.6 Å². The second-order valence-corrected chi connectivity index (χ2v) is 4.99. The maximum absolute atomic E-state index is 5.61. The van der Waals surface area contributed by atoms with Gasteiger partial charge in [-0.2, -0.15) is 0 Å². The van der Waals surface area contributed by atoms with Gasteiger partial charge in [0.15, 0.2) is 0 Å². The zero-order valence-corrected chi connectivity index (χ0v) is 10.7. The van der Waals surface area contributed by atoms with Gasteiger partial charge in [-0.15, -0.1) is 10.2 Å². The number of hydrogen-bond acceptors (Lipinski definition) is 4. The minimum atomic E-state index is 0.762. The molecule has 1 aromatic heterocycles. The molecule has 1 aliphatic rings. The van der Waals surface area contributed by atoms with Gasteiger partial charge in [-0.05, 0) is 19.4 Å². The molecule has 1 saturated carbocycles. The third kappa shape index (κ3) is 4.11. The summed E-state index contributed by atoms with van der Waals surface area (Å²) in [7, 11) is 1.93. The third-order valence-corrected chi connectivity index (χ3v) is 3.59. The SMILES string of the molecule is CNCCc1nnc(CCC2CCCCC2)o1. The minimum absolute atomic E-state index is 0.762. The van der Waals surface area contributed by atoms with Crippen molar-refractivity contribution < 1.29 is 4.42 Å². The predicted molar refractivity (Wildman–Crippen MR) is 66.8 cm³/mol. The van der Waals surface area contributed by atoms with Crippen LogP contribution in [-0.2, 0) is 12.8 Å². The van der Waals surface area contributed by atoms with E-state index in [9.17, 15) is 0 Å². The van der Waals surface area contributed by atoms with E-state index >= 15 is 0 Å². The molecule has 0 atom stereocenters. The lowest BCUT2D eigenvalue weighted by Gasteiger charge is -2.20. The number of aromatic nitrogens is 2. The third-order valence-electron chi connectivity index (χ3n) is 3.59. The van der Waals surface area contributed by atoms with Crippen molar-refractivity contribution in [3.05, 3.63) is 11.8 Å². The van der Waals surface area contributed by atoms with E-state index in [2.05, 4.69) is 15.5 Å². The standard InChI is InChI=1S/C13H23N3O/c1-14-10-9-13-16-15-12(17-13)8-7-11-5-3-2-4-6-11/h11,14H,2-10H2,1H3. The summed E-state index contributed by atoms with van der Waals surface area (Å²) in [6.07, 6.45) is 10.0. The molecule has 1 N–H and O–H groups in total. The summed E-state index contributed by atoms with van der Waals surface area (Å²) in [4.78, 5) is 0. The highest BCUT2D eigenvalue weighted by atomic mass is 16.4. The van der Waals surface area contributed by atoms with Crippen LogP contribution in [0.5, 0.6) is 0 Å². The number of rotatable bonds is 6. The summed E-state index contributed by atoms with van der Waals surface area (Å²) in [5.74, 6) is 2.47. The first-order valence-electron chi connectivity index (χ1n) is 6.84. The predicted octanol–water partition coefficient (Wildman–Crippen LogP) is 2.34. The number of hydrogen-bond donors (Lipinski definition) is 1. The number of aryl methyl sites for hydroxylation is 1. The normalized spacial score (nSPS) is 17.5. The van der Waals surface area contributed by atoms with Gasteiger partial charge < -0.3 is 9.73 Å². The summed E-state index contributed by atoms with van der Waals surface area (Å²) in [6.45, 7) is 0.893. The first-order chi connectivity index (χ1) is 8.38. The molecule has 0 aromatic carbocycles. The van der Waals surface area contributed by atoms with Crippen molar-refractivity contribution in [3.8, 4) is 0 Å². The van der Waals surface area contributed by atoms with E-state index in [1.165, 1.54) is 38.5 Å². The molecular formula is C13H23N3O. The zero-order chi connectivity index (χ0) is 11.9. The van der Waals surface area contributed by atoms with Crippen molar-refractivity contribution in [2.24, 2.45) is 5.92 Å². The van der Waals surface area contributed by atoms with Crippen molar-refractivity contribution in [3.63, 3.8) is 0 Å². The summed E-state index contributed by atoms with van der Waals surface area (Å²) >= 11 is 0. The Hall–Kier alpha value is -0.900. The van der Waals surface area contributed by atoms with Gasteiger partial charge >= 0.3 is 0 Å². The van der Waals surface area contributed by atoms with E-state index in [-0.39, 0.29) is 0 Å². The average molecular weight is 237 g/mol. The highest BCUT2D eigenvalue weighted by molar-refractivity contribution is 4.84. The molecule has 17 heavy (non-hydrogen) atoms. The van der Waals surface area contributed by atoms with Gasteiger partial charge in [0.05, 0.1) is 0 Å². The van der Waals surface area contributed by atoms with E-state index in [0.717, 1.165) is 37.1 Å². The molecule has 0 spiro atoms. The van der Waals surface area contributed by atoms with E-state index < -0.39 is 0 Å². The second kappa shape index (κ2) is 6.74. The molecule has 0 amide bonds. The van der Waals surface area contributed by atoms with Crippen LogP contribution in [-0.4, -0.2) is 23.8 Å². The molecule has 1 fully saturated rings. The zero-order valence-electron chi connectivity index (χ0n) is 10.7. The molecule has 1 heterocycles. The Bertz CT molecular complexity index is 318. The fraction of sp³-hybridized carbons (Fsp3) is 0.846. The molecule has 96 valence electrons. The Morgan fingerprint density at radius 3 is 2.53 bits per heavy atom. The van der Waals surface area contributed by atoms with Crippen molar-refractivity contribution in [2.45, 2.75) is 51.4 Å². The first-order valence-corrected chi connectivity index (χ1v) is 6.84. The van der Waals surface area contributed by atoms with Crippen LogP contribution in [0.25, 0.3) is 0 Å². The van der Waals surface area contributed by atoms with Crippen molar-refractivity contribution in [1.82, 2.24) is 15.5 Å². The summed E-state index contributed by atoms with van der Waals surface area (Å²) in [5, 5.41) is 11.3. The van der Waals surface area contributed by atoms with Crippen molar-refractivity contribution >= 4 is 0 Å². The van der Waals surface area contributed by atoms with Crippen LogP contribution in [0.2, 0.25) is 0 Å².